The molecule has 120 valence electrons. The summed E-state index contributed by atoms with van der Waals surface area (Å²) in [6.45, 7) is 2.01. The van der Waals surface area contributed by atoms with Gasteiger partial charge in [-0.05, 0) is 35.2 Å². The molecule has 1 amide bonds. The zero-order chi connectivity index (χ0) is 16.5. The molecule has 0 bridgehead atoms. The van der Waals surface area contributed by atoms with Gasteiger partial charge in [0.05, 0.1) is 18.7 Å². The summed E-state index contributed by atoms with van der Waals surface area (Å²) >= 11 is 1.65. The number of fused-ring (bicyclic) bond motifs is 3. The fourth-order valence-corrected chi connectivity index (χ4v) is 3.81. The van der Waals surface area contributed by atoms with Gasteiger partial charge in [-0.25, -0.2) is 0 Å². The van der Waals surface area contributed by atoms with Gasteiger partial charge < -0.3 is 9.73 Å². The van der Waals surface area contributed by atoms with Crippen LogP contribution in [0.15, 0.2) is 64.6 Å². The first-order chi connectivity index (χ1) is 11.7. The minimum Gasteiger partial charge on any atom is -0.464 e. The number of benzene rings is 2. The lowest BCUT2D eigenvalue weighted by atomic mass is 10.0. The molecule has 4 aromatic rings. The molecule has 24 heavy (non-hydrogen) atoms. The van der Waals surface area contributed by atoms with Crippen LogP contribution in [0.2, 0.25) is 0 Å². The highest BCUT2D eigenvalue weighted by Crippen LogP contribution is 2.30. The first-order valence-electron chi connectivity index (χ1n) is 7.93. The Morgan fingerprint density at radius 2 is 2.04 bits per heavy atom. The molecule has 1 N–H and O–H groups in total. The van der Waals surface area contributed by atoms with Gasteiger partial charge in [-0.3, -0.25) is 4.79 Å². The molecule has 0 saturated heterocycles. The first kappa shape index (κ1) is 15.0. The van der Waals surface area contributed by atoms with Crippen molar-refractivity contribution in [3.8, 4) is 0 Å². The van der Waals surface area contributed by atoms with Crippen molar-refractivity contribution >= 4 is 39.0 Å². The highest BCUT2D eigenvalue weighted by molar-refractivity contribution is 7.10. The third-order valence-corrected chi connectivity index (χ3v) is 5.29. The van der Waals surface area contributed by atoms with Crippen LogP contribution in [-0.4, -0.2) is 5.91 Å². The Labute approximate surface area is 143 Å². The van der Waals surface area contributed by atoms with Crippen LogP contribution in [-0.2, 0) is 11.2 Å². The van der Waals surface area contributed by atoms with Crippen molar-refractivity contribution < 1.29 is 9.21 Å². The van der Waals surface area contributed by atoms with Crippen molar-refractivity contribution in [2.75, 3.05) is 0 Å². The summed E-state index contributed by atoms with van der Waals surface area (Å²) in [6, 6.07) is 16.2. The van der Waals surface area contributed by atoms with E-state index in [-0.39, 0.29) is 11.9 Å². The minimum atomic E-state index is 0.00605. The molecular formula is C20H17NO2S. The van der Waals surface area contributed by atoms with E-state index in [0.717, 1.165) is 32.2 Å². The quantitative estimate of drug-likeness (QED) is 0.566. The monoisotopic (exact) mass is 335 g/mol. The summed E-state index contributed by atoms with van der Waals surface area (Å²) in [5.74, 6) is 0.00605. The Bertz CT molecular complexity index is 1000. The van der Waals surface area contributed by atoms with Gasteiger partial charge in [0.25, 0.3) is 0 Å². The summed E-state index contributed by atoms with van der Waals surface area (Å²) in [7, 11) is 0. The SMILES string of the molecule is CC(NC(=O)Cc1coc2ccc3ccccc3c12)c1cccs1. The number of rotatable bonds is 4. The van der Waals surface area contributed by atoms with Crippen molar-refractivity contribution in [3.63, 3.8) is 0 Å². The van der Waals surface area contributed by atoms with Crippen LogP contribution in [0.1, 0.15) is 23.4 Å². The van der Waals surface area contributed by atoms with Crippen LogP contribution in [0.3, 0.4) is 0 Å². The van der Waals surface area contributed by atoms with Gasteiger partial charge in [0.2, 0.25) is 5.91 Å². The van der Waals surface area contributed by atoms with Crippen molar-refractivity contribution in [1.29, 1.82) is 0 Å². The summed E-state index contributed by atoms with van der Waals surface area (Å²) in [4.78, 5) is 13.6. The topological polar surface area (TPSA) is 42.2 Å². The van der Waals surface area contributed by atoms with E-state index < -0.39 is 0 Å². The normalized spacial score (nSPS) is 12.5. The second kappa shape index (κ2) is 6.13. The summed E-state index contributed by atoms with van der Waals surface area (Å²) in [5, 5.41) is 8.39. The van der Waals surface area contributed by atoms with Gasteiger partial charge in [-0.2, -0.15) is 0 Å². The first-order valence-corrected chi connectivity index (χ1v) is 8.81. The Hall–Kier alpha value is -2.59. The maximum absolute atomic E-state index is 12.4. The van der Waals surface area contributed by atoms with Gasteiger partial charge in [-0.15, -0.1) is 11.3 Å². The van der Waals surface area contributed by atoms with Crippen LogP contribution >= 0.6 is 11.3 Å². The molecule has 2 aromatic heterocycles. The molecule has 2 aromatic carbocycles. The average Bonchev–Trinajstić information content (AvgIpc) is 3.25. The summed E-state index contributed by atoms with van der Waals surface area (Å²) in [5.41, 5.74) is 1.75. The van der Waals surface area contributed by atoms with Gasteiger partial charge in [0, 0.05) is 15.8 Å². The molecule has 0 spiro atoms. The third kappa shape index (κ3) is 2.69. The minimum absolute atomic E-state index is 0.00605. The predicted octanol–water partition coefficient (Wildman–Crippen LogP) is 5.07. The van der Waals surface area contributed by atoms with Crippen molar-refractivity contribution in [3.05, 3.63) is 70.6 Å². The smallest absolute Gasteiger partial charge is 0.225 e. The Morgan fingerprint density at radius 1 is 1.17 bits per heavy atom. The van der Waals surface area contributed by atoms with E-state index in [1.807, 2.05) is 48.7 Å². The molecule has 0 saturated carbocycles. The number of thiophene rings is 1. The molecule has 0 aliphatic rings. The van der Waals surface area contributed by atoms with Crippen LogP contribution in [0.25, 0.3) is 21.7 Å². The fraction of sp³-hybridized carbons (Fsp3) is 0.150. The third-order valence-electron chi connectivity index (χ3n) is 4.24. The van der Waals surface area contributed by atoms with Crippen LogP contribution in [0.4, 0.5) is 0 Å². The Kier molecular flexibility index (Phi) is 3.82. The maximum atomic E-state index is 12.4. The zero-order valence-electron chi connectivity index (χ0n) is 13.3. The number of furan rings is 1. The molecule has 0 aliphatic heterocycles. The molecule has 0 radical (unpaired) electrons. The lowest BCUT2D eigenvalue weighted by Gasteiger charge is -2.12. The van der Waals surface area contributed by atoms with Gasteiger partial charge in [0.1, 0.15) is 5.58 Å². The second-order valence-electron chi connectivity index (χ2n) is 5.90. The van der Waals surface area contributed by atoms with E-state index in [9.17, 15) is 4.79 Å². The van der Waals surface area contributed by atoms with E-state index in [0.29, 0.717) is 6.42 Å². The average molecular weight is 335 g/mol. The molecule has 2 heterocycles. The van der Waals surface area contributed by atoms with Gasteiger partial charge >= 0.3 is 0 Å². The summed E-state index contributed by atoms with van der Waals surface area (Å²) in [6.07, 6.45) is 2.02. The largest absolute Gasteiger partial charge is 0.464 e. The number of amides is 1. The summed E-state index contributed by atoms with van der Waals surface area (Å²) < 4.78 is 5.66. The molecule has 0 aliphatic carbocycles. The van der Waals surface area contributed by atoms with Gasteiger partial charge in [0.15, 0.2) is 0 Å². The zero-order valence-corrected chi connectivity index (χ0v) is 14.1. The lowest BCUT2D eigenvalue weighted by Crippen LogP contribution is -2.27. The molecule has 1 atom stereocenters. The van der Waals surface area contributed by atoms with Gasteiger partial charge in [-0.1, -0.05) is 36.4 Å². The van der Waals surface area contributed by atoms with Crippen LogP contribution in [0.5, 0.6) is 0 Å². The van der Waals surface area contributed by atoms with Crippen molar-refractivity contribution in [1.82, 2.24) is 5.32 Å². The number of hydrogen-bond acceptors (Lipinski definition) is 3. The van der Waals surface area contributed by atoms with Crippen LogP contribution < -0.4 is 5.32 Å². The predicted molar refractivity (Wildman–Crippen MR) is 98.3 cm³/mol. The van der Waals surface area contributed by atoms with E-state index in [2.05, 4.69) is 17.4 Å². The molecular weight excluding hydrogens is 318 g/mol. The lowest BCUT2D eigenvalue weighted by molar-refractivity contribution is -0.121. The van der Waals surface area contributed by atoms with E-state index in [1.165, 1.54) is 0 Å². The van der Waals surface area contributed by atoms with Crippen LogP contribution in [0, 0.1) is 0 Å². The van der Waals surface area contributed by atoms with E-state index >= 15 is 0 Å². The fourth-order valence-electron chi connectivity index (χ4n) is 3.08. The number of carbonyl (C=O) groups is 1. The Balaban J connectivity index is 1.62. The number of hydrogen-bond donors (Lipinski definition) is 1. The van der Waals surface area contributed by atoms with Crippen molar-refractivity contribution in [2.45, 2.75) is 19.4 Å². The number of carbonyl (C=O) groups excluding carboxylic acids is 1. The molecule has 3 nitrogen and oxygen atoms in total. The molecule has 4 rings (SSSR count). The van der Waals surface area contributed by atoms with E-state index in [4.69, 9.17) is 4.42 Å². The highest BCUT2D eigenvalue weighted by Gasteiger charge is 2.15. The van der Waals surface area contributed by atoms with Crippen molar-refractivity contribution in [2.24, 2.45) is 0 Å². The molecule has 4 heteroatoms. The standard InChI is InChI=1S/C20H17NO2S/c1-13(18-7-4-10-24-18)21-19(22)11-15-12-23-17-9-8-14-5-2-3-6-16(14)20(15)17/h2-10,12-13H,11H2,1H3,(H,21,22). The highest BCUT2D eigenvalue weighted by atomic mass is 32.1. The van der Waals surface area contributed by atoms with E-state index in [1.54, 1.807) is 17.6 Å². The molecule has 1 unspecified atom stereocenters. The Morgan fingerprint density at radius 3 is 2.88 bits per heavy atom. The number of nitrogens with one attached hydrogen (secondary N) is 1. The maximum Gasteiger partial charge on any atom is 0.225 e. The molecule has 0 fully saturated rings. The second-order valence-corrected chi connectivity index (χ2v) is 6.88.